The third-order valence-corrected chi connectivity index (χ3v) is 3.31. The summed E-state index contributed by atoms with van der Waals surface area (Å²) in [5.74, 6) is -0.996. The maximum atomic E-state index is 11.1. The molecule has 1 heterocycles. The highest BCUT2D eigenvalue weighted by Gasteiger charge is 2.17. The topological polar surface area (TPSA) is 64.0 Å². The van der Waals surface area contributed by atoms with Crippen LogP contribution in [0.2, 0.25) is 0 Å². The van der Waals surface area contributed by atoms with Gasteiger partial charge in [0, 0.05) is 32.7 Å². The minimum atomic E-state index is -0.991. The van der Waals surface area contributed by atoms with Crippen LogP contribution in [0.5, 0.6) is 5.75 Å². The number of benzene rings is 1. The fourth-order valence-electron chi connectivity index (χ4n) is 2.15. The Morgan fingerprint density at radius 3 is 2.56 bits per heavy atom. The van der Waals surface area contributed by atoms with Crippen molar-refractivity contribution < 1.29 is 15.0 Å². The van der Waals surface area contributed by atoms with Crippen molar-refractivity contribution in [1.82, 2.24) is 9.80 Å². The molecule has 0 unspecified atom stereocenters. The Morgan fingerprint density at radius 2 is 1.94 bits per heavy atom. The first-order valence-corrected chi connectivity index (χ1v) is 6.02. The smallest absolute Gasteiger partial charge is 0.336 e. The van der Waals surface area contributed by atoms with Crippen molar-refractivity contribution in [1.29, 1.82) is 0 Å². The Labute approximate surface area is 106 Å². The minimum Gasteiger partial charge on any atom is -0.508 e. The van der Waals surface area contributed by atoms with Crippen molar-refractivity contribution in [2.24, 2.45) is 0 Å². The molecule has 5 heteroatoms. The first-order chi connectivity index (χ1) is 8.56. The number of phenols is 1. The molecule has 0 spiro atoms. The first-order valence-electron chi connectivity index (χ1n) is 6.02. The van der Waals surface area contributed by atoms with Gasteiger partial charge in [0.1, 0.15) is 5.75 Å². The van der Waals surface area contributed by atoms with E-state index in [1.165, 1.54) is 12.1 Å². The number of nitrogens with zero attached hydrogens (tertiary/aromatic N) is 2. The Kier molecular flexibility index (Phi) is 3.84. The largest absolute Gasteiger partial charge is 0.508 e. The highest BCUT2D eigenvalue weighted by molar-refractivity contribution is 5.89. The molecule has 0 aromatic heterocycles. The monoisotopic (exact) mass is 250 g/mol. The fraction of sp³-hybridized carbons (Fsp3) is 0.462. The summed E-state index contributed by atoms with van der Waals surface area (Å²) in [4.78, 5) is 15.6. The number of aromatic carboxylic acids is 1. The van der Waals surface area contributed by atoms with Gasteiger partial charge in [-0.05, 0) is 24.7 Å². The molecule has 0 amide bonds. The molecule has 1 fully saturated rings. The van der Waals surface area contributed by atoms with Crippen molar-refractivity contribution in [3.8, 4) is 5.75 Å². The van der Waals surface area contributed by atoms with Gasteiger partial charge in [-0.25, -0.2) is 4.79 Å². The Bertz CT molecular complexity index is 440. The zero-order chi connectivity index (χ0) is 13.1. The second-order valence-electron chi connectivity index (χ2n) is 4.73. The van der Waals surface area contributed by atoms with E-state index >= 15 is 0 Å². The predicted molar refractivity (Wildman–Crippen MR) is 67.8 cm³/mol. The van der Waals surface area contributed by atoms with Gasteiger partial charge in [-0.15, -0.1) is 0 Å². The van der Waals surface area contributed by atoms with Crippen molar-refractivity contribution >= 4 is 5.97 Å². The summed E-state index contributed by atoms with van der Waals surface area (Å²) in [6.45, 7) is 4.50. The lowest BCUT2D eigenvalue weighted by molar-refractivity contribution is 0.0692. The molecular weight excluding hydrogens is 232 g/mol. The molecular formula is C13H18N2O3. The van der Waals surface area contributed by atoms with E-state index in [1.807, 2.05) is 0 Å². The normalized spacial score (nSPS) is 17.8. The second kappa shape index (κ2) is 5.37. The molecule has 18 heavy (non-hydrogen) atoms. The molecule has 98 valence electrons. The molecule has 1 aliphatic rings. The average molecular weight is 250 g/mol. The molecule has 0 saturated carbocycles. The molecule has 5 nitrogen and oxygen atoms in total. The molecule has 1 aromatic carbocycles. The number of phenolic OH excluding ortho intramolecular Hbond substituents is 1. The standard InChI is InChI=1S/C13H18N2O3/c1-14-4-6-15(7-5-14)9-10-2-3-11(16)8-12(10)13(17)18/h2-3,8,16H,4-7,9H2,1H3,(H,17,18). The van der Waals surface area contributed by atoms with Gasteiger partial charge in [-0.1, -0.05) is 6.07 Å². The van der Waals surface area contributed by atoms with Crippen molar-refractivity contribution in [3.63, 3.8) is 0 Å². The van der Waals surface area contributed by atoms with Crippen molar-refractivity contribution in [2.45, 2.75) is 6.54 Å². The van der Waals surface area contributed by atoms with Crippen LogP contribution in [0.4, 0.5) is 0 Å². The van der Waals surface area contributed by atoms with Gasteiger partial charge < -0.3 is 15.1 Å². The number of hydrogen-bond acceptors (Lipinski definition) is 4. The predicted octanol–water partition coefficient (Wildman–Crippen LogP) is 0.838. The maximum Gasteiger partial charge on any atom is 0.336 e. The van der Waals surface area contributed by atoms with Crippen LogP contribution in [0.25, 0.3) is 0 Å². The SMILES string of the molecule is CN1CCN(Cc2ccc(O)cc2C(=O)O)CC1. The number of likely N-dealkylation sites (N-methyl/N-ethyl adjacent to an activating group) is 1. The van der Waals surface area contributed by atoms with Crippen LogP contribution in [0.3, 0.4) is 0 Å². The van der Waals surface area contributed by atoms with Crippen molar-refractivity contribution in [2.75, 3.05) is 33.2 Å². The van der Waals surface area contributed by atoms with Crippen LogP contribution in [-0.2, 0) is 6.54 Å². The van der Waals surface area contributed by atoms with Gasteiger partial charge in [-0.3, -0.25) is 4.90 Å². The maximum absolute atomic E-state index is 11.1. The van der Waals surface area contributed by atoms with E-state index in [9.17, 15) is 9.90 Å². The lowest BCUT2D eigenvalue weighted by Gasteiger charge is -2.32. The molecule has 0 atom stereocenters. The number of piperazine rings is 1. The number of rotatable bonds is 3. The minimum absolute atomic E-state index is 0.00507. The number of hydrogen-bond donors (Lipinski definition) is 2. The second-order valence-corrected chi connectivity index (χ2v) is 4.73. The molecule has 1 saturated heterocycles. The number of aromatic hydroxyl groups is 1. The fourth-order valence-corrected chi connectivity index (χ4v) is 2.15. The summed E-state index contributed by atoms with van der Waals surface area (Å²) in [6, 6.07) is 4.54. The number of carbonyl (C=O) groups is 1. The van der Waals surface area contributed by atoms with Crippen LogP contribution in [-0.4, -0.2) is 59.2 Å². The lowest BCUT2D eigenvalue weighted by Crippen LogP contribution is -2.44. The van der Waals surface area contributed by atoms with Gasteiger partial charge in [-0.2, -0.15) is 0 Å². The van der Waals surface area contributed by atoms with Crippen LogP contribution < -0.4 is 0 Å². The van der Waals surface area contributed by atoms with Gasteiger partial charge in [0.05, 0.1) is 5.56 Å². The van der Waals surface area contributed by atoms with Crippen molar-refractivity contribution in [3.05, 3.63) is 29.3 Å². The van der Waals surface area contributed by atoms with E-state index in [0.717, 1.165) is 31.7 Å². The van der Waals surface area contributed by atoms with Crippen LogP contribution in [0.15, 0.2) is 18.2 Å². The van der Waals surface area contributed by atoms with Gasteiger partial charge >= 0.3 is 5.97 Å². The number of carboxylic acids is 1. The van der Waals surface area contributed by atoms with Crippen LogP contribution >= 0.6 is 0 Å². The highest BCUT2D eigenvalue weighted by atomic mass is 16.4. The number of carboxylic acid groups (broad SMARTS) is 1. The molecule has 0 radical (unpaired) electrons. The van der Waals surface area contributed by atoms with E-state index in [4.69, 9.17) is 5.11 Å². The van der Waals surface area contributed by atoms with Gasteiger partial charge in [0.25, 0.3) is 0 Å². The molecule has 2 rings (SSSR count). The third kappa shape index (κ3) is 3.00. The zero-order valence-corrected chi connectivity index (χ0v) is 10.5. The molecule has 2 N–H and O–H groups in total. The first kappa shape index (κ1) is 12.9. The summed E-state index contributed by atoms with van der Waals surface area (Å²) in [7, 11) is 2.08. The lowest BCUT2D eigenvalue weighted by atomic mass is 10.1. The van der Waals surface area contributed by atoms with E-state index in [-0.39, 0.29) is 11.3 Å². The van der Waals surface area contributed by atoms with E-state index < -0.39 is 5.97 Å². The summed E-state index contributed by atoms with van der Waals surface area (Å²) in [5, 5.41) is 18.5. The summed E-state index contributed by atoms with van der Waals surface area (Å²) >= 11 is 0. The van der Waals surface area contributed by atoms with Gasteiger partial charge in [0.2, 0.25) is 0 Å². The van der Waals surface area contributed by atoms with Crippen LogP contribution in [0.1, 0.15) is 15.9 Å². The quantitative estimate of drug-likeness (QED) is 0.832. The summed E-state index contributed by atoms with van der Waals surface area (Å²) in [6.07, 6.45) is 0. The third-order valence-electron chi connectivity index (χ3n) is 3.31. The molecule has 1 aliphatic heterocycles. The Balaban J connectivity index is 2.11. The Hall–Kier alpha value is -1.59. The summed E-state index contributed by atoms with van der Waals surface area (Å²) in [5.41, 5.74) is 0.943. The Morgan fingerprint density at radius 1 is 1.28 bits per heavy atom. The van der Waals surface area contributed by atoms with E-state index in [0.29, 0.717) is 6.54 Å². The molecule has 0 aliphatic carbocycles. The van der Waals surface area contributed by atoms with E-state index in [1.54, 1.807) is 6.07 Å². The van der Waals surface area contributed by atoms with Gasteiger partial charge in [0.15, 0.2) is 0 Å². The zero-order valence-electron chi connectivity index (χ0n) is 10.5. The highest BCUT2D eigenvalue weighted by Crippen LogP contribution is 2.19. The average Bonchev–Trinajstić information content (AvgIpc) is 2.34. The van der Waals surface area contributed by atoms with E-state index in [2.05, 4.69) is 16.8 Å². The molecule has 0 bridgehead atoms. The summed E-state index contributed by atoms with van der Waals surface area (Å²) < 4.78 is 0. The van der Waals surface area contributed by atoms with Crippen LogP contribution in [0, 0.1) is 0 Å². The molecule has 1 aromatic rings.